The standard InChI is InChI=1S/C16H30N2O2/c1-3-5-6-7-8-13(4-2)16(20)18-11-9-14(10-12-18)15(17)19/h13-14H,3-12H2,1-2H3,(H2,17,19). The Balaban J connectivity index is 2.37. The van der Waals surface area contributed by atoms with E-state index in [4.69, 9.17) is 5.73 Å². The lowest BCUT2D eigenvalue weighted by atomic mass is 9.92. The summed E-state index contributed by atoms with van der Waals surface area (Å²) in [6, 6.07) is 0. The molecule has 1 heterocycles. The fraction of sp³-hybridized carbons (Fsp3) is 0.875. The van der Waals surface area contributed by atoms with Crippen molar-refractivity contribution in [1.29, 1.82) is 0 Å². The van der Waals surface area contributed by atoms with E-state index in [1.54, 1.807) is 0 Å². The summed E-state index contributed by atoms with van der Waals surface area (Å²) >= 11 is 0. The van der Waals surface area contributed by atoms with Crippen molar-refractivity contribution in [3.63, 3.8) is 0 Å². The molecule has 0 aliphatic carbocycles. The fourth-order valence-electron chi connectivity index (χ4n) is 2.96. The van der Waals surface area contributed by atoms with Crippen molar-refractivity contribution in [1.82, 2.24) is 4.90 Å². The number of hydrogen-bond donors (Lipinski definition) is 1. The summed E-state index contributed by atoms with van der Waals surface area (Å²) in [6.45, 7) is 5.68. The molecular weight excluding hydrogens is 252 g/mol. The zero-order valence-electron chi connectivity index (χ0n) is 13.1. The van der Waals surface area contributed by atoms with E-state index in [1.807, 2.05) is 4.90 Å². The maximum Gasteiger partial charge on any atom is 0.225 e. The summed E-state index contributed by atoms with van der Waals surface area (Å²) in [7, 11) is 0. The molecule has 1 rings (SSSR count). The second-order valence-corrected chi connectivity index (χ2v) is 5.96. The third-order valence-corrected chi connectivity index (χ3v) is 4.46. The van der Waals surface area contributed by atoms with Gasteiger partial charge in [0.25, 0.3) is 0 Å². The van der Waals surface area contributed by atoms with E-state index in [1.165, 1.54) is 19.3 Å². The molecule has 116 valence electrons. The van der Waals surface area contributed by atoms with Gasteiger partial charge >= 0.3 is 0 Å². The largest absolute Gasteiger partial charge is 0.369 e. The molecule has 0 aromatic rings. The van der Waals surface area contributed by atoms with Gasteiger partial charge in [0.1, 0.15) is 0 Å². The zero-order valence-corrected chi connectivity index (χ0v) is 13.1. The van der Waals surface area contributed by atoms with Crippen LogP contribution in [0, 0.1) is 11.8 Å². The molecule has 1 atom stereocenters. The highest BCUT2D eigenvalue weighted by atomic mass is 16.2. The maximum atomic E-state index is 12.5. The van der Waals surface area contributed by atoms with Gasteiger partial charge in [0.15, 0.2) is 0 Å². The van der Waals surface area contributed by atoms with E-state index < -0.39 is 0 Å². The van der Waals surface area contributed by atoms with E-state index in [0.717, 1.165) is 32.1 Å². The summed E-state index contributed by atoms with van der Waals surface area (Å²) in [5, 5.41) is 0. The Hall–Kier alpha value is -1.06. The molecule has 0 aromatic carbocycles. The average molecular weight is 282 g/mol. The number of nitrogens with two attached hydrogens (primary N) is 1. The summed E-state index contributed by atoms with van der Waals surface area (Å²) in [6.07, 6.45) is 8.24. The number of hydrogen-bond acceptors (Lipinski definition) is 2. The summed E-state index contributed by atoms with van der Waals surface area (Å²) < 4.78 is 0. The topological polar surface area (TPSA) is 63.4 Å². The summed E-state index contributed by atoms with van der Waals surface area (Å²) in [4.78, 5) is 25.6. The van der Waals surface area contributed by atoms with Crippen LogP contribution in [-0.2, 0) is 9.59 Å². The van der Waals surface area contributed by atoms with Crippen molar-refractivity contribution in [2.45, 2.75) is 65.2 Å². The summed E-state index contributed by atoms with van der Waals surface area (Å²) in [5.41, 5.74) is 5.33. The van der Waals surface area contributed by atoms with Gasteiger partial charge in [-0.1, -0.05) is 39.5 Å². The number of unbranched alkanes of at least 4 members (excludes halogenated alkanes) is 3. The molecule has 0 aromatic heterocycles. The van der Waals surface area contributed by atoms with Crippen LogP contribution in [0.3, 0.4) is 0 Å². The second kappa shape index (κ2) is 8.98. The van der Waals surface area contributed by atoms with Gasteiger partial charge in [0.2, 0.25) is 11.8 Å². The van der Waals surface area contributed by atoms with Crippen LogP contribution in [0.15, 0.2) is 0 Å². The minimum Gasteiger partial charge on any atom is -0.369 e. The Bertz CT molecular complexity index is 310. The number of rotatable bonds is 8. The third kappa shape index (κ3) is 5.14. The van der Waals surface area contributed by atoms with Crippen LogP contribution in [-0.4, -0.2) is 29.8 Å². The third-order valence-electron chi connectivity index (χ3n) is 4.46. The van der Waals surface area contributed by atoms with Gasteiger partial charge in [-0.2, -0.15) is 0 Å². The molecule has 0 bridgehead atoms. The van der Waals surface area contributed by atoms with Crippen LogP contribution in [0.2, 0.25) is 0 Å². The highest BCUT2D eigenvalue weighted by Crippen LogP contribution is 2.22. The normalized spacial score (nSPS) is 18.0. The molecule has 1 unspecified atom stereocenters. The van der Waals surface area contributed by atoms with E-state index in [9.17, 15) is 9.59 Å². The lowest BCUT2D eigenvalue weighted by Gasteiger charge is -2.33. The molecule has 4 heteroatoms. The van der Waals surface area contributed by atoms with Crippen molar-refractivity contribution >= 4 is 11.8 Å². The first kappa shape index (κ1) is 17.0. The lowest BCUT2D eigenvalue weighted by molar-refractivity contribution is -0.139. The van der Waals surface area contributed by atoms with E-state index in [-0.39, 0.29) is 23.7 Å². The molecule has 4 nitrogen and oxygen atoms in total. The number of amides is 2. The van der Waals surface area contributed by atoms with Crippen molar-refractivity contribution < 1.29 is 9.59 Å². The first-order valence-corrected chi connectivity index (χ1v) is 8.18. The molecule has 2 N–H and O–H groups in total. The minimum atomic E-state index is -0.219. The van der Waals surface area contributed by atoms with E-state index in [2.05, 4.69) is 13.8 Å². The van der Waals surface area contributed by atoms with Crippen LogP contribution in [0.25, 0.3) is 0 Å². The van der Waals surface area contributed by atoms with Crippen molar-refractivity contribution in [2.75, 3.05) is 13.1 Å². The number of nitrogens with zero attached hydrogens (tertiary/aromatic N) is 1. The molecule has 1 aliphatic rings. The van der Waals surface area contributed by atoms with Crippen molar-refractivity contribution in [3.8, 4) is 0 Å². The number of carbonyl (C=O) groups is 2. The second-order valence-electron chi connectivity index (χ2n) is 5.96. The predicted molar refractivity (Wildman–Crippen MR) is 81.0 cm³/mol. The highest BCUT2D eigenvalue weighted by molar-refractivity contribution is 5.80. The first-order chi connectivity index (χ1) is 9.60. The quantitative estimate of drug-likeness (QED) is 0.696. The minimum absolute atomic E-state index is 0.0383. The number of piperidine rings is 1. The van der Waals surface area contributed by atoms with Crippen LogP contribution < -0.4 is 5.73 Å². The molecule has 1 aliphatic heterocycles. The van der Waals surface area contributed by atoms with Gasteiger partial charge in [-0.3, -0.25) is 9.59 Å². The monoisotopic (exact) mass is 282 g/mol. The lowest BCUT2D eigenvalue weighted by Crippen LogP contribution is -2.44. The van der Waals surface area contributed by atoms with Crippen LogP contribution in [0.4, 0.5) is 0 Å². The maximum absolute atomic E-state index is 12.5. The molecule has 20 heavy (non-hydrogen) atoms. The highest BCUT2D eigenvalue weighted by Gasteiger charge is 2.28. The van der Waals surface area contributed by atoms with Gasteiger partial charge < -0.3 is 10.6 Å². The van der Waals surface area contributed by atoms with Crippen LogP contribution in [0.5, 0.6) is 0 Å². The molecule has 0 saturated carbocycles. The molecule has 1 saturated heterocycles. The van der Waals surface area contributed by atoms with Gasteiger partial charge in [-0.15, -0.1) is 0 Å². The SMILES string of the molecule is CCCCCCC(CC)C(=O)N1CCC(C(N)=O)CC1. The Kier molecular flexibility index (Phi) is 7.63. The van der Waals surface area contributed by atoms with Gasteiger partial charge in [-0.05, 0) is 25.7 Å². The first-order valence-electron chi connectivity index (χ1n) is 8.18. The van der Waals surface area contributed by atoms with Crippen LogP contribution in [0.1, 0.15) is 65.2 Å². The number of primary amides is 1. The Morgan fingerprint density at radius 1 is 1.15 bits per heavy atom. The van der Waals surface area contributed by atoms with Crippen LogP contribution >= 0.6 is 0 Å². The fourth-order valence-corrected chi connectivity index (χ4v) is 2.96. The van der Waals surface area contributed by atoms with Crippen molar-refractivity contribution in [3.05, 3.63) is 0 Å². The van der Waals surface area contributed by atoms with Gasteiger partial charge in [0, 0.05) is 24.9 Å². The average Bonchev–Trinajstić information content (AvgIpc) is 2.47. The molecule has 1 fully saturated rings. The summed E-state index contributed by atoms with van der Waals surface area (Å²) in [5.74, 6) is 0.191. The molecule has 0 spiro atoms. The van der Waals surface area contributed by atoms with Crippen molar-refractivity contribution in [2.24, 2.45) is 17.6 Å². The number of carbonyl (C=O) groups excluding carboxylic acids is 2. The Morgan fingerprint density at radius 2 is 1.80 bits per heavy atom. The van der Waals surface area contributed by atoms with Gasteiger partial charge in [-0.25, -0.2) is 0 Å². The van der Waals surface area contributed by atoms with E-state index in [0.29, 0.717) is 13.1 Å². The Labute approximate surface area is 123 Å². The molecular formula is C16H30N2O2. The smallest absolute Gasteiger partial charge is 0.225 e. The van der Waals surface area contributed by atoms with E-state index >= 15 is 0 Å². The molecule has 0 radical (unpaired) electrons. The zero-order chi connectivity index (χ0) is 15.0. The van der Waals surface area contributed by atoms with Gasteiger partial charge in [0.05, 0.1) is 0 Å². The number of likely N-dealkylation sites (tertiary alicyclic amines) is 1. The predicted octanol–water partition coefficient (Wildman–Crippen LogP) is 2.71. The molecule has 2 amide bonds. The Morgan fingerprint density at radius 3 is 2.30 bits per heavy atom.